The molecule has 7 nitrogen and oxygen atoms in total. The smallest absolute Gasteiger partial charge is 0.292 e. The maximum absolute atomic E-state index is 12.4. The molecule has 0 spiro atoms. The van der Waals surface area contributed by atoms with Gasteiger partial charge in [-0.1, -0.05) is 84.9 Å². The zero-order valence-electron chi connectivity index (χ0n) is 22.0. The van der Waals surface area contributed by atoms with Crippen LogP contribution in [0.2, 0.25) is 0 Å². The van der Waals surface area contributed by atoms with Crippen LogP contribution in [-0.4, -0.2) is 28.4 Å². The molecule has 3 heterocycles. The number of amides is 1. The second kappa shape index (κ2) is 11.5. The molecule has 0 bridgehead atoms. The van der Waals surface area contributed by atoms with Gasteiger partial charge in [-0.2, -0.15) is 0 Å². The fourth-order valence-electron chi connectivity index (χ4n) is 4.93. The molecule has 6 rings (SSSR count). The van der Waals surface area contributed by atoms with Gasteiger partial charge in [-0.05, 0) is 36.1 Å². The highest BCUT2D eigenvalue weighted by molar-refractivity contribution is 6.02. The number of hydrogen-bond acceptors (Lipinski definition) is 6. The Balaban J connectivity index is 1.24. The molecule has 1 amide bonds. The molecule has 0 aliphatic carbocycles. The van der Waals surface area contributed by atoms with Crippen LogP contribution in [-0.2, 0) is 22.5 Å². The van der Waals surface area contributed by atoms with E-state index in [2.05, 4.69) is 40.6 Å². The first kappa shape index (κ1) is 25.4. The number of nitrogens with two attached hydrogens (primary N) is 1. The lowest BCUT2D eigenvalue weighted by molar-refractivity contribution is -0.123. The van der Waals surface area contributed by atoms with E-state index in [0.29, 0.717) is 19.5 Å². The second-order valence-corrected chi connectivity index (χ2v) is 9.66. The van der Waals surface area contributed by atoms with Gasteiger partial charge in [0.1, 0.15) is 0 Å². The maximum Gasteiger partial charge on any atom is 0.292 e. The van der Waals surface area contributed by atoms with Crippen molar-refractivity contribution in [1.29, 1.82) is 0 Å². The number of pyridine rings is 2. The lowest BCUT2D eigenvalue weighted by Crippen LogP contribution is -2.22. The number of carbonyl (C=O) groups excluding carboxylic acids is 1. The summed E-state index contributed by atoms with van der Waals surface area (Å²) in [5.74, 6) is -0.200. The molecule has 1 fully saturated rings. The van der Waals surface area contributed by atoms with E-state index in [9.17, 15) is 4.79 Å². The van der Waals surface area contributed by atoms with E-state index < -0.39 is 6.10 Å². The predicted molar refractivity (Wildman–Crippen MR) is 157 cm³/mol. The summed E-state index contributed by atoms with van der Waals surface area (Å²) in [6.45, 7) is 1.00. The number of nitrogens with zero attached hydrogens (tertiary/aromatic N) is 3. The molecule has 1 atom stereocenters. The van der Waals surface area contributed by atoms with Gasteiger partial charge in [0.05, 0.1) is 11.2 Å². The van der Waals surface area contributed by atoms with E-state index in [4.69, 9.17) is 20.4 Å². The highest BCUT2D eigenvalue weighted by Gasteiger charge is 2.32. The fraction of sp³-hybridized carbons (Fsp3) is 0.152. The third kappa shape index (κ3) is 5.32. The van der Waals surface area contributed by atoms with Crippen LogP contribution in [0.15, 0.2) is 108 Å². The van der Waals surface area contributed by atoms with Crippen molar-refractivity contribution in [2.24, 2.45) is 10.7 Å². The number of ether oxygens (including phenoxy) is 1. The Morgan fingerprint density at radius 3 is 2.40 bits per heavy atom. The van der Waals surface area contributed by atoms with Gasteiger partial charge in [-0.15, -0.1) is 0 Å². The van der Waals surface area contributed by atoms with Gasteiger partial charge in [0.2, 0.25) is 6.10 Å². The zero-order chi connectivity index (χ0) is 27.3. The topological polar surface area (TPSA) is 102 Å². The maximum atomic E-state index is 12.4. The number of aliphatic imine (C=N–C) groups is 1. The number of carbonyl (C=O) groups is 1. The van der Waals surface area contributed by atoms with Gasteiger partial charge < -0.3 is 10.5 Å². The molecule has 1 unspecified atom stereocenters. The zero-order valence-corrected chi connectivity index (χ0v) is 22.0. The van der Waals surface area contributed by atoms with Crippen molar-refractivity contribution < 1.29 is 9.53 Å². The van der Waals surface area contributed by atoms with Gasteiger partial charge in [-0.3, -0.25) is 15.1 Å². The van der Waals surface area contributed by atoms with Gasteiger partial charge in [0.25, 0.3) is 11.9 Å². The van der Waals surface area contributed by atoms with Crippen LogP contribution < -0.4 is 11.1 Å². The Labute approximate surface area is 232 Å². The summed E-state index contributed by atoms with van der Waals surface area (Å²) in [6.07, 6.45) is 2.60. The van der Waals surface area contributed by atoms with Gasteiger partial charge >= 0.3 is 0 Å². The molecule has 7 heteroatoms. The summed E-state index contributed by atoms with van der Waals surface area (Å²) in [5.41, 5.74) is 13.7. The molecule has 3 N–H and O–H groups in total. The number of nitrogens with one attached hydrogen (secondary N) is 1. The molecule has 1 aliphatic rings. The number of rotatable bonds is 8. The van der Waals surface area contributed by atoms with Crippen molar-refractivity contribution >= 4 is 22.8 Å². The molecule has 1 saturated heterocycles. The van der Waals surface area contributed by atoms with Gasteiger partial charge in [0.15, 0.2) is 0 Å². The molecule has 3 aromatic carbocycles. The van der Waals surface area contributed by atoms with Crippen LogP contribution in [0.25, 0.3) is 33.3 Å². The third-order valence-electron chi connectivity index (χ3n) is 7.00. The van der Waals surface area contributed by atoms with Gasteiger partial charge in [-0.25, -0.2) is 9.98 Å². The van der Waals surface area contributed by atoms with Crippen molar-refractivity contribution in [3.63, 3.8) is 0 Å². The highest BCUT2D eigenvalue weighted by Crippen LogP contribution is 2.34. The lowest BCUT2D eigenvalue weighted by atomic mass is 9.96. The van der Waals surface area contributed by atoms with E-state index in [1.165, 1.54) is 0 Å². The van der Waals surface area contributed by atoms with Gasteiger partial charge in [0, 0.05) is 47.1 Å². The number of amidine groups is 1. The SMILES string of the molecule is NCc1ccc(-c2nc3ccnc(CCCN=C4NC(=O)C(c5ccccc5)O4)c3cc2-c2ccccc2)cc1. The van der Waals surface area contributed by atoms with E-state index in [0.717, 1.165) is 56.5 Å². The molecular weight excluding hydrogens is 498 g/mol. The lowest BCUT2D eigenvalue weighted by Gasteiger charge is -2.14. The van der Waals surface area contributed by atoms with Crippen LogP contribution >= 0.6 is 0 Å². The number of aromatic nitrogens is 2. The molecule has 0 saturated carbocycles. The quantitative estimate of drug-likeness (QED) is 0.256. The summed E-state index contributed by atoms with van der Waals surface area (Å²) in [5, 5.41) is 3.76. The van der Waals surface area contributed by atoms with Crippen molar-refractivity contribution in [3.8, 4) is 22.4 Å². The first-order valence-electron chi connectivity index (χ1n) is 13.4. The number of benzene rings is 3. The number of fused-ring (bicyclic) bond motifs is 1. The molecule has 1 aliphatic heterocycles. The van der Waals surface area contributed by atoms with Crippen molar-refractivity contribution in [3.05, 3.63) is 120 Å². The van der Waals surface area contributed by atoms with Crippen LogP contribution in [0.1, 0.15) is 29.3 Å². The first-order valence-corrected chi connectivity index (χ1v) is 13.4. The predicted octanol–water partition coefficient (Wildman–Crippen LogP) is 5.60. The Morgan fingerprint density at radius 2 is 1.65 bits per heavy atom. The number of aryl methyl sites for hydroxylation is 1. The summed E-state index contributed by atoms with van der Waals surface area (Å²) in [6, 6.07) is 32.4. The summed E-state index contributed by atoms with van der Waals surface area (Å²) >= 11 is 0. The average Bonchev–Trinajstić information content (AvgIpc) is 3.39. The Morgan fingerprint density at radius 1 is 0.900 bits per heavy atom. The fourth-order valence-corrected chi connectivity index (χ4v) is 4.93. The molecular formula is C33H29N5O2. The molecule has 2 aromatic heterocycles. The largest absolute Gasteiger partial charge is 0.447 e. The minimum atomic E-state index is -0.664. The summed E-state index contributed by atoms with van der Waals surface area (Å²) in [4.78, 5) is 26.6. The second-order valence-electron chi connectivity index (χ2n) is 9.66. The van der Waals surface area contributed by atoms with E-state index in [1.54, 1.807) is 0 Å². The van der Waals surface area contributed by atoms with Crippen LogP contribution in [0, 0.1) is 0 Å². The van der Waals surface area contributed by atoms with Crippen LogP contribution in [0.5, 0.6) is 0 Å². The van der Waals surface area contributed by atoms with Crippen molar-refractivity contribution in [2.45, 2.75) is 25.5 Å². The monoisotopic (exact) mass is 527 g/mol. The molecule has 198 valence electrons. The third-order valence-corrected chi connectivity index (χ3v) is 7.00. The standard InChI is InChI=1S/C33H29N5O2/c34-21-22-13-15-24(16-14-22)30-26(23-8-3-1-4-9-23)20-27-28(35-19-17-29(27)37-30)12-7-18-36-33-38-32(39)31(40-33)25-10-5-2-6-11-25/h1-6,8-11,13-17,19-20,31H,7,12,18,21,34H2,(H,36,38,39). The Kier molecular flexibility index (Phi) is 7.28. The number of hydrogen-bond donors (Lipinski definition) is 2. The summed E-state index contributed by atoms with van der Waals surface area (Å²) in [7, 11) is 0. The van der Waals surface area contributed by atoms with E-state index >= 15 is 0 Å². The first-order chi connectivity index (χ1) is 19.7. The van der Waals surface area contributed by atoms with Crippen molar-refractivity contribution in [2.75, 3.05) is 6.54 Å². The average molecular weight is 528 g/mol. The molecule has 0 radical (unpaired) electrons. The highest BCUT2D eigenvalue weighted by atomic mass is 16.5. The normalized spacial score (nSPS) is 15.8. The molecule has 40 heavy (non-hydrogen) atoms. The van der Waals surface area contributed by atoms with Crippen molar-refractivity contribution in [1.82, 2.24) is 15.3 Å². The Bertz CT molecular complexity index is 1670. The van der Waals surface area contributed by atoms with E-state index in [-0.39, 0.29) is 11.9 Å². The minimum Gasteiger partial charge on any atom is -0.447 e. The summed E-state index contributed by atoms with van der Waals surface area (Å²) < 4.78 is 5.77. The molecule has 5 aromatic rings. The minimum absolute atomic E-state index is 0.200. The Hall–Kier alpha value is -4.88. The van der Waals surface area contributed by atoms with Crippen LogP contribution in [0.3, 0.4) is 0 Å². The van der Waals surface area contributed by atoms with E-state index in [1.807, 2.05) is 72.9 Å². The van der Waals surface area contributed by atoms with Crippen LogP contribution in [0.4, 0.5) is 0 Å².